The molecule has 0 aliphatic rings. The molecule has 1 aromatic carbocycles. The Morgan fingerprint density at radius 2 is 1.89 bits per heavy atom. The summed E-state index contributed by atoms with van der Waals surface area (Å²) in [5, 5.41) is 17.6. The number of methoxy groups -OCH3 is 2. The molecule has 102 valence electrons. The van der Waals surface area contributed by atoms with Gasteiger partial charge in [-0.1, -0.05) is 0 Å². The molecule has 0 saturated heterocycles. The summed E-state index contributed by atoms with van der Waals surface area (Å²) in [6.45, 7) is 0. The fourth-order valence-electron chi connectivity index (χ4n) is 1.49. The van der Waals surface area contributed by atoms with Crippen molar-refractivity contribution in [2.45, 2.75) is 6.42 Å². The second kappa shape index (κ2) is 6.44. The van der Waals surface area contributed by atoms with Gasteiger partial charge in [0.05, 0.1) is 20.6 Å². The van der Waals surface area contributed by atoms with Gasteiger partial charge in [0.25, 0.3) is 0 Å². The van der Waals surface area contributed by atoms with Gasteiger partial charge in [-0.05, 0) is 24.3 Å². The van der Waals surface area contributed by atoms with Crippen LogP contribution in [0.4, 0.5) is 0 Å². The van der Waals surface area contributed by atoms with Gasteiger partial charge in [0, 0.05) is 11.1 Å². The number of aliphatic carboxylic acids is 2. The Kier molecular flexibility index (Phi) is 4.93. The first-order valence-corrected chi connectivity index (χ1v) is 5.35. The number of ether oxygens (including phenoxy) is 2. The van der Waals surface area contributed by atoms with E-state index in [2.05, 4.69) is 0 Å². The summed E-state index contributed by atoms with van der Waals surface area (Å²) >= 11 is 0. The number of carboxylic acids is 2. The van der Waals surface area contributed by atoms with Gasteiger partial charge in [-0.25, -0.2) is 4.79 Å². The maximum atomic E-state index is 11.0. The summed E-state index contributed by atoms with van der Waals surface area (Å²) < 4.78 is 10.1. The van der Waals surface area contributed by atoms with E-state index in [-0.39, 0.29) is 5.57 Å². The van der Waals surface area contributed by atoms with E-state index in [1.165, 1.54) is 20.3 Å². The van der Waals surface area contributed by atoms with Crippen molar-refractivity contribution < 1.29 is 29.3 Å². The minimum absolute atomic E-state index is 0.237. The molecule has 0 aliphatic carbocycles. The Morgan fingerprint density at radius 3 is 2.37 bits per heavy atom. The molecule has 0 spiro atoms. The van der Waals surface area contributed by atoms with Crippen molar-refractivity contribution in [2.24, 2.45) is 0 Å². The zero-order valence-corrected chi connectivity index (χ0v) is 10.5. The number of hydrogen-bond donors (Lipinski definition) is 2. The summed E-state index contributed by atoms with van der Waals surface area (Å²) in [6, 6.07) is 4.85. The lowest BCUT2D eigenvalue weighted by molar-refractivity contribution is -0.139. The molecule has 0 bridgehead atoms. The molecule has 1 aromatic rings. The van der Waals surface area contributed by atoms with Crippen LogP contribution in [-0.2, 0) is 9.59 Å². The fourth-order valence-corrected chi connectivity index (χ4v) is 1.49. The van der Waals surface area contributed by atoms with Gasteiger partial charge in [0.1, 0.15) is 11.5 Å². The predicted molar refractivity (Wildman–Crippen MR) is 67.4 cm³/mol. The van der Waals surface area contributed by atoms with E-state index in [0.29, 0.717) is 17.1 Å². The van der Waals surface area contributed by atoms with E-state index in [0.717, 1.165) is 0 Å². The summed E-state index contributed by atoms with van der Waals surface area (Å²) in [6.07, 6.45) is 0.688. The fraction of sp³-hybridized carbons (Fsp3) is 0.231. The highest BCUT2D eigenvalue weighted by Crippen LogP contribution is 2.26. The Morgan fingerprint density at radius 1 is 1.21 bits per heavy atom. The van der Waals surface area contributed by atoms with Gasteiger partial charge in [0.2, 0.25) is 0 Å². The zero-order chi connectivity index (χ0) is 14.4. The van der Waals surface area contributed by atoms with Crippen molar-refractivity contribution in [3.63, 3.8) is 0 Å². The molecule has 6 nitrogen and oxygen atoms in total. The van der Waals surface area contributed by atoms with Crippen LogP contribution in [0.2, 0.25) is 0 Å². The first-order chi connectivity index (χ1) is 8.97. The molecule has 0 aliphatic heterocycles. The quantitative estimate of drug-likeness (QED) is 0.760. The molecule has 0 heterocycles. The largest absolute Gasteiger partial charge is 0.497 e. The molecule has 0 atom stereocenters. The normalized spacial score (nSPS) is 10.9. The second-order valence-corrected chi connectivity index (χ2v) is 3.65. The lowest BCUT2D eigenvalue weighted by Gasteiger charge is -2.08. The second-order valence-electron chi connectivity index (χ2n) is 3.65. The van der Waals surface area contributed by atoms with E-state index < -0.39 is 18.4 Å². The van der Waals surface area contributed by atoms with Crippen LogP contribution in [0.3, 0.4) is 0 Å². The third-order valence-electron chi connectivity index (χ3n) is 2.38. The number of benzene rings is 1. The monoisotopic (exact) mass is 266 g/mol. The van der Waals surface area contributed by atoms with Crippen LogP contribution in [-0.4, -0.2) is 36.4 Å². The molecule has 0 unspecified atom stereocenters. The highest BCUT2D eigenvalue weighted by Gasteiger charge is 2.13. The van der Waals surface area contributed by atoms with Crippen LogP contribution in [0.25, 0.3) is 6.08 Å². The molecule has 19 heavy (non-hydrogen) atoms. The number of carboxylic acid groups (broad SMARTS) is 2. The van der Waals surface area contributed by atoms with Gasteiger partial charge in [-0.2, -0.15) is 0 Å². The highest BCUT2D eigenvalue weighted by molar-refractivity contribution is 5.97. The van der Waals surface area contributed by atoms with Crippen molar-refractivity contribution in [3.8, 4) is 11.5 Å². The molecule has 1 rings (SSSR count). The maximum absolute atomic E-state index is 11.0. The number of rotatable bonds is 6. The van der Waals surface area contributed by atoms with E-state index in [1.54, 1.807) is 18.2 Å². The van der Waals surface area contributed by atoms with Crippen molar-refractivity contribution in [3.05, 3.63) is 29.3 Å². The minimum atomic E-state index is -1.28. The van der Waals surface area contributed by atoms with E-state index in [1.807, 2.05) is 0 Å². The first-order valence-electron chi connectivity index (χ1n) is 5.35. The van der Waals surface area contributed by atoms with Crippen molar-refractivity contribution in [2.75, 3.05) is 14.2 Å². The molecule has 0 aromatic heterocycles. The van der Waals surface area contributed by atoms with Gasteiger partial charge in [-0.15, -0.1) is 0 Å². The topological polar surface area (TPSA) is 93.1 Å². The predicted octanol–water partition coefficient (Wildman–Crippen LogP) is 1.65. The lowest BCUT2D eigenvalue weighted by atomic mass is 10.1. The smallest absolute Gasteiger partial charge is 0.332 e. The molecule has 0 fully saturated rings. The highest BCUT2D eigenvalue weighted by atomic mass is 16.5. The van der Waals surface area contributed by atoms with Crippen LogP contribution in [0.15, 0.2) is 23.8 Å². The van der Waals surface area contributed by atoms with Crippen LogP contribution < -0.4 is 9.47 Å². The third kappa shape index (κ3) is 4.02. The SMILES string of the molecule is COc1ccc(OC)c(/C=C(\CC(=O)O)C(=O)O)c1. The molecular weight excluding hydrogens is 252 g/mol. The number of hydrogen-bond acceptors (Lipinski definition) is 4. The molecule has 0 saturated carbocycles. The molecular formula is C13H14O6. The average Bonchev–Trinajstić information content (AvgIpc) is 2.37. The molecule has 0 amide bonds. The van der Waals surface area contributed by atoms with Gasteiger partial charge in [-0.3, -0.25) is 4.79 Å². The summed E-state index contributed by atoms with van der Waals surface area (Å²) in [5.74, 6) is -1.54. The number of carbonyl (C=O) groups is 2. The van der Waals surface area contributed by atoms with E-state index >= 15 is 0 Å². The molecule has 0 radical (unpaired) electrons. The standard InChI is InChI=1S/C13H14O6/c1-18-10-3-4-11(19-2)8(6-10)5-9(13(16)17)7-12(14)15/h3-6H,7H2,1-2H3,(H,14,15)(H,16,17)/b9-5+. The van der Waals surface area contributed by atoms with Gasteiger partial charge in [0.15, 0.2) is 0 Å². The summed E-state index contributed by atoms with van der Waals surface area (Å²) in [4.78, 5) is 21.6. The van der Waals surface area contributed by atoms with Crippen molar-refractivity contribution in [1.29, 1.82) is 0 Å². The average molecular weight is 266 g/mol. The Bertz CT molecular complexity index is 518. The molecule has 6 heteroatoms. The van der Waals surface area contributed by atoms with Crippen LogP contribution in [0.5, 0.6) is 11.5 Å². The summed E-state index contributed by atoms with van der Waals surface area (Å²) in [7, 11) is 2.92. The molecule has 2 N–H and O–H groups in total. The van der Waals surface area contributed by atoms with Crippen LogP contribution >= 0.6 is 0 Å². The zero-order valence-electron chi connectivity index (χ0n) is 10.5. The van der Waals surface area contributed by atoms with E-state index in [9.17, 15) is 9.59 Å². The Labute approximate surface area is 109 Å². The lowest BCUT2D eigenvalue weighted by Crippen LogP contribution is -2.06. The van der Waals surface area contributed by atoms with Gasteiger partial charge >= 0.3 is 11.9 Å². The van der Waals surface area contributed by atoms with E-state index in [4.69, 9.17) is 19.7 Å². The van der Waals surface area contributed by atoms with Crippen LogP contribution in [0.1, 0.15) is 12.0 Å². The van der Waals surface area contributed by atoms with Crippen molar-refractivity contribution in [1.82, 2.24) is 0 Å². The van der Waals surface area contributed by atoms with Gasteiger partial charge < -0.3 is 19.7 Å². The Balaban J connectivity index is 3.24. The minimum Gasteiger partial charge on any atom is -0.497 e. The first kappa shape index (κ1) is 14.6. The van der Waals surface area contributed by atoms with Crippen molar-refractivity contribution >= 4 is 18.0 Å². The maximum Gasteiger partial charge on any atom is 0.332 e. The third-order valence-corrected chi connectivity index (χ3v) is 2.38. The Hall–Kier alpha value is -2.50. The van der Waals surface area contributed by atoms with Crippen LogP contribution in [0, 0.1) is 0 Å². The summed E-state index contributed by atoms with van der Waals surface area (Å²) in [5.41, 5.74) is 0.208.